The minimum absolute atomic E-state index is 0.0999. The molecule has 0 aliphatic heterocycles. The van der Waals surface area contributed by atoms with E-state index in [1.807, 2.05) is 0 Å². The van der Waals surface area contributed by atoms with Crippen molar-refractivity contribution in [3.8, 4) is 0 Å². The number of carbonyl (C=O) groups is 3. The van der Waals surface area contributed by atoms with Crippen molar-refractivity contribution in [2.45, 2.75) is 258 Å². The normalized spacial score (nSPS) is 12.9. The van der Waals surface area contributed by atoms with Gasteiger partial charge in [0, 0.05) is 19.3 Å². The molecule has 1 atom stereocenters. The first-order chi connectivity index (χ1) is 34.0. The number of hydrogen-bond donors (Lipinski definition) is 0. The molecule has 0 spiro atoms. The highest BCUT2D eigenvalue weighted by molar-refractivity contribution is 5.71. The summed E-state index contributed by atoms with van der Waals surface area (Å²) in [7, 11) is 0. The Bertz CT molecular complexity index is 1420. The molecule has 0 rings (SSSR count). The highest BCUT2D eigenvalue weighted by Gasteiger charge is 2.19. The number of allylic oxidation sites excluding steroid dienone is 18. The van der Waals surface area contributed by atoms with Crippen molar-refractivity contribution in [3.63, 3.8) is 0 Å². The van der Waals surface area contributed by atoms with E-state index in [1.54, 1.807) is 0 Å². The quantitative estimate of drug-likeness (QED) is 0.0262. The second kappa shape index (κ2) is 56.7. The molecule has 1 unspecified atom stereocenters. The monoisotopic (exact) mass is 957 g/mol. The molecule has 0 aromatic carbocycles. The molecule has 0 aliphatic rings. The minimum Gasteiger partial charge on any atom is -0.462 e. The lowest BCUT2D eigenvalue weighted by molar-refractivity contribution is -0.167. The van der Waals surface area contributed by atoms with Gasteiger partial charge in [-0.05, 0) is 122 Å². The SMILES string of the molecule is CC/C=C\C/C=C\C/C=C\C/C=C\C/C=C\CCCCCC(=O)OCC(COC(=O)CCCCCCC/C=C\CCCCCCCCC)OC(=O)CCCCCCCC/C=C\C/C=C\C/C=C\CC. The Balaban J connectivity index is 4.49. The van der Waals surface area contributed by atoms with Crippen molar-refractivity contribution in [2.75, 3.05) is 13.2 Å². The smallest absolute Gasteiger partial charge is 0.306 e. The van der Waals surface area contributed by atoms with Gasteiger partial charge in [-0.25, -0.2) is 0 Å². The van der Waals surface area contributed by atoms with Gasteiger partial charge in [-0.1, -0.05) is 220 Å². The lowest BCUT2D eigenvalue weighted by atomic mass is 10.1. The zero-order chi connectivity index (χ0) is 50.0. The standard InChI is InChI=1S/C63H104O6/c1-4-7-10-13-16-19-22-25-28-31-32-33-36-38-41-44-47-50-53-56-62(65)68-59-60(69-63(66)57-54-51-48-45-42-39-35-30-27-24-21-18-15-12-9-6-3)58-67-61(64)55-52-49-46-43-40-37-34-29-26-23-20-17-14-11-8-5-2/h7,9-10,12,16,18-19,21,25,27-30,32-34,38,41,60H,4-6,8,11,13-15,17,20,22-24,26,31,35-37,39-40,42-59H2,1-3H3/b10-7-,12-9-,19-16-,21-18-,28-25-,30-27-,33-32-,34-29-,41-38-. The summed E-state index contributed by atoms with van der Waals surface area (Å²) >= 11 is 0. The molecule has 0 aromatic rings. The van der Waals surface area contributed by atoms with Gasteiger partial charge in [0.25, 0.3) is 0 Å². The number of hydrogen-bond acceptors (Lipinski definition) is 6. The number of carbonyl (C=O) groups excluding carboxylic acids is 3. The Morgan fingerprint density at radius 2 is 0.565 bits per heavy atom. The van der Waals surface area contributed by atoms with Gasteiger partial charge in [0.05, 0.1) is 0 Å². The van der Waals surface area contributed by atoms with E-state index in [9.17, 15) is 14.4 Å². The van der Waals surface area contributed by atoms with Crippen LogP contribution in [-0.4, -0.2) is 37.2 Å². The summed E-state index contributed by atoms with van der Waals surface area (Å²) < 4.78 is 16.8. The maximum atomic E-state index is 12.9. The van der Waals surface area contributed by atoms with E-state index < -0.39 is 6.10 Å². The van der Waals surface area contributed by atoms with Crippen LogP contribution in [-0.2, 0) is 28.6 Å². The molecule has 0 N–H and O–H groups in total. The Kier molecular flexibility index (Phi) is 53.4. The molecule has 0 aliphatic carbocycles. The highest BCUT2D eigenvalue weighted by Crippen LogP contribution is 2.14. The molecule has 0 heterocycles. The van der Waals surface area contributed by atoms with Gasteiger partial charge in [-0.3, -0.25) is 14.4 Å². The van der Waals surface area contributed by atoms with Gasteiger partial charge in [0.1, 0.15) is 13.2 Å². The Morgan fingerprint density at radius 3 is 0.913 bits per heavy atom. The molecule has 6 nitrogen and oxygen atoms in total. The second-order valence-corrected chi connectivity index (χ2v) is 18.4. The number of esters is 3. The third-order valence-electron chi connectivity index (χ3n) is 11.7. The largest absolute Gasteiger partial charge is 0.462 e. The van der Waals surface area contributed by atoms with Crippen LogP contribution < -0.4 is 0 Å². The summed E-state index contributed by atoms with van der Waals surface area (Å²) in [6.45, 7) is 6.37. The number of ether oxygens (including phenoxy) is 3. The topological polar surface area (TPSA) is 78.9 Å². The fourth-order valence-electron chi connectivity index (χ4n) is 7.54. The van der Waals surface area contributed by atoms with E-state index in [0.29, 0.717) is 19.3 Å². The van der Waals surface area contributed by atoms with Crippen LogP contribution in [0.3, 0.4) is 0 Å². The Morgan fingerprint density at radius 1 is 0.304 bits per heavy atom. The zero-order valence-corrected chi connectivity index (χ0v) is 44.8. The summed E-state index contributed by atoms with van der Waals surface area (Å²) in [6.07, 6.45) is 76.4. The fraction of sp³-hybridized carbons (Fsp3) is 0.667. The van der Waals surface area contributed by atoms with Crippen LogP contribution in [0.1, 0.15) is 252 Å². The van der Waals surface area contributed by atoms with Gasteiger partial charge < -0.3 is 14.2 Å². The third-order valence-corrected chi connectivity index (χ3v) is 11.7. The van der Waals surface area contributed by atoms with E-state index in [1.165, 1.54) is 70.6 Å². The summed E-state index contributed by atoms with van der Waals surface area (Å²) in [6, 6.07) is 0. The summed E-state index contributed by atoms with van der Waals surface area (Å²) in [5.41, 5.74) is 0. The molecule has 0 saturated carbocycles. The van der Waals surface area contributed by atoms with Gasteiger partial charge in [0.15, 0.2) is 6.10 Å². The van der Waals surface area contributed by atoms with Crippen LogP contribution in [0.5, 0.6) is 0 Å². The number of rotatable bonds is 50. The van der Waals surface area contributed by atoms with Crippen LogP contribution in [0, 0.1) is 0 Å². The Hall–Kier alpha value is -3.93. The summed E-state index contributed by atoms with van der Waals surface area (Å²) in [5, 5.41) is 0. The van der Waals surface area contributed by atoms with E-state index >= 15 is 0 Å². The molecule has 0 amide bonds. The maximum absolute atomic E-state index is 12.9. The van der Waals surface area contributed by atoms with Gasteiger partial charge in [-0.2, -0.15) is 0 Å². The first kappa shape index (κ1) is 65.1. The van der Waals surface area contributed by atoms with Crippen LogP contribution >= 0.6 is 0 Å². The fourth-order valence-corrected chi connectivity index (χ4v) is 7.54. The molecule has 0 fully saturated rings. The molecule has 0 radical (unpaired) electrons. The van der Waals surface area contributed by atoms with Gasteiger partial charge in [-0.15, -0.1) is 0 Å². The van der Waals surface area contributed by atoms with E-state index in [0.717, 1.165) is 141 Å². The predicted octanol–water partition coefficient (Wildman–Crippen LogP) is 19.1. The molecule has 392 valence electrons. The van der Waals surface area contributed by atoms with Crippen molar-refractivity contribution in [3.05, 3.63) is 109 Å². The van der Waals surface area contributed by atoms with Crippen LogP contribution in [0.25, 0.3) is 0 Å². The lowest BCUT2D eigenvalue weighted by Crippen LogP contribution is -2.30. The highest BCUT2D eigenvalue weighted by atomic mass is 16.6. The lowest BCUT2D eigenvalue weighted by Gasteiger charge is -2.18. The van der Waals surface area contributed by atoms with Crippen LogP contribution in [0.2, 0.25) is 0 Å². The molecule has 6 heteroatoms. The van der Waals surface area contributed by atoms with Crippen molar-refractivity contribution in [1.29, 1.82) is 0 Å². The molecule has 0 aromatic heterocycles. The van der Waals surface area contributed by atoms with E-state index in [-0.39, 0.29) is 31.1 Å². The third kappa shape index (κ3) is 54.9. The van der Waals surface area contributed by atoms with Crippen LogP contribution in [0.15, 0.2) is 109 Å². The first-order valence-electron chi connectivity index (χ1n) is 28.4. The van der Waals surface area contributed by atoms with Crippen LogP contribution in [0.4, 0.5) is 0 Å². The summed E-state index contributed by atoms with van der Waals surface area (Å²) in [5.74, 6) is -0.954. The molecular weight excluding hydrogens is 853 g/mol. The number of unbranched alkanes of at least 4 members (excludes halogenated alkanes) is 21. The molecule has 69 heavy (non-hydrogen) atoms. The van der Waals surface area contributed by atoms with Crippen molar-refractivity contribution < 1.29 is 28.6 Å². The predicted molar refractivity (Wildman–Crippen MR) is 297 cm³/mol. The maximum Gasteiger partial charge on any atom is 0.306 e. The van der Waals surface area contributed by atoms with Gasteiger partial charge >= 0.3 is 17.9 Å². The average Bonchev–Trinajstić information content (AvgIpc) is 3.35. The average molecular weight is 958 g/mol. The van der Waals surface area contributed by atoms with Crippen molar-refractivity contribution >= 4 is 17.9 Å². The second-order valence-electron chi connectivity index (χ2n) is 18.4. The molecule has 0 saturated heterocycles. The Labute approximate surface area is 425 Å². The van der Waals surface area contributed by atoms with Crippen molar-refractivity contribution in [2.24, 2.45) is 0 Å². The van der Waals surface area contributed by atoms with E-state index in [2.05, 4.69) is 130 Å². The molecule has 0 bridgehead atoms. The zero-order valence-electron chi connectivity index (χ0n) is 44.8. The van der Waals surface area contributed by atoms with Gasteiger partial charge in [0.2, 0.25) is 0 Å². The minimum atomic E-state index is -0.805. The summed E-state index contributed by atoms with van der Waals surface area (Å²) in [4.78, 5) is 38.2. The first-order valence-corrected chi connectivity index (χ1v) is 28.4. The van der Waals surface area contributed by atoms with Crippen molar-refractivity contribution in [1.82, 2.24) is 0 Å². The molecular formula is C63H104O6. The van der Waals surface area contributed by atoms with E-state index in [4.69, 9.17) is 14.2 Å².